The van der Waals surface area contributed by atoms with E-state index >= 15 is 0 Å². The van der Waals surface area contributed by atoms with Crippen LogP contribution in [0.1, 0.15) is 5.69 Å². The minimum Gasteiger partial charge on any atom is -0.398 e. The second-order valence-corrected chi connectivity index (χ2v) is 6.23. The Labute approximate surface area is 123 Å². The van der Waals surface area contributed by atoms with Crippen molar-refractivity contribution in [3.05, 3.63) is 59.5 Å². The molecule has 0 fully saturated rings. The summed E-state index contributed by atoms with van der Waals surface area (Å²) in [4.78, 5) is 5.02. The number of hydrogen-bond acceptors (Lipinski definition) is 3. The molecule has 0 aliphatic rings. The van der Waals surface area contributed by atoms with Crippen LogP contribution in [0.15, 0.2) is 53.7 Å². The van der Waals surface area contributed by atoms with Gasteiger partial charge in [-0.15, -0.1) is 0 Å². The quantitative estimate of drug-likeness (QED) is 0.757. The van der Waals surface area contributed by atoms with Crippen LogP contribution < -0.4 is 5.73 Å². The van der Waals surface area contributed by atoms with Gasteiger partial charge in [-0.3, -0.25) is 4.21 Å². The minimum atomic E-state index is -1.24. The van der Waals surface area contributed by atoms with Crippen molar-refractivity contribution in [1.29, 1.82) is 0 Å². The summed E-state index contributed by atoms with van der Waals surface area (Å²) >= 11 is 5.84. The number of fused-ring (bicyclic) bond motifs is 1. The highest BCUT2D eigenvalue weighted by atomic mass is 35.5. The molecular formula is C14H12ClN3OS. The predicted octanol–water partition coefficient (Wildman–Crippen LogP) is 2.88. The molecule has 1 unspecified atom stereocenters. The first-order chi connectivity index (χ1) is 9.63. The van der Waals surface area contributed by atoms with Gasteiger partial charge in [0.1, 0.15) is 5.65 Å². The molecule has 0 aliphatic carbocycles. The summed E-state index contributed by atoms with van der Waals surface area (Å²) in [6.45, 7) is 0. The molecule has 3 aromatic rings. The van der Waals surface area contributed by atoms with E-state index in [4.69, 9.17) is 17.3 Å². The smallest absolute Gasteiger partial charge is 0.137 e. The summed E-state index contributed by atoms with van der Waals surface area (Å²) in [6, 6.07) is 10.7. The van der Waals surface area contributed by atoms with Gasteiger partial charge in [0, 0.05) is 23.1 Å². The highest BCUT2D eigenvalue weighted by Gasteiger charge is 2.11. The van der Waals surface area contributed by atoms with Crippen LogP contribution in [0.4, 0.5) is 5.69 Å². The second-order valence-electron chi connectivity index (χ2n) is 4.37. The largest absolute Gasteiger partial charge is 0.398 e. The van der Waals surface area contributed by atoms with Crippen molar-refractivity contribution in [2.75, 3.05) is 5.73 Å². The molecule has 1 atom stereocenters. The van der Waals surface area contributed by atoms with Crippen LogP contribution in [0, 0.1) is 0 Å². The molecule has 2 heterocycles. The topological polar surface area (TPSA) is 60.4 Å². The monoisotopic (exact) mass is 305 g/mol. The molecule has 4 nitrogen and oxygen atoms in total. The number of pyridine rings is 1. The van der Waals surface area contributed by atoms with Crippen LogP contribution >= 0.6 is 11.6 Å². The SMILES string of the molecule is Nc1cc(Cl)ccc1S(=O)Cc1cn2ccccc2n1. The van der Waals surface area contributed by atoms with E-state index in [2.05, 4.69) is 4.98 Å². The molecule has 1 aromatic carbocycles. The number of halogens is 1. The van der Waals surface area contributed by atoms with Crippen LogP contribution in [-0.4, -0.2) is 13.6 Å². The van der Waals surface area contributed by atoms with Gasteiger partial charge >= 0.3 is 0 Å². The van der Waals surface area contributed by atoms with E-state index in [-0.39, 0.29) is 0 Å². The van der Waals surface area contributed by atoms with E-state index in [1.807, 2.05) is 35.0 Å². The minimum absolute atomic E-state index is 0.327. The maximum Gasteiger partial charge on any atom is 0.137 e. The van der Waals surface area contributed by atoms with Gasteiger partial charge in [0.2, 0.25) is 0 Å². The molecule has 0 saturated heterocycles. The molecular weight excluding hydrogens is 294 g/mol. The number of nitrogen functional groups attached to an aromatic ring is 1. The lowest BCUT2D eigenvalue weighted by Crippen LogP contribution is -2.01. The van der Waals surface area contributed by atoms with E-state index in [0.29, 0.717) is 21.4 Å². The Hall–Kier alpha value is -1.85. The Bertz CT molecular complexity index is 767. The lowest BCUT2D eigenvalue weighted by atomic mass is 10.3. The van der Waals surface area contributed by atoms with Crippen molar-refractivity contribution in [2.45, 2.75) is 10.6 Å². The summed E-state index contributed by atoms with van der Waals surface area (Å²) in [5.74, 6) is 0.327. The van der Waals surface area contributed by atoms with Gasteiger partial charge in [-0.05, 0) is 30.3 Å². The highest BCUT2D eigenvalue weighted by molar-refractivity contribution is 7.84. The van der Waals surface area contributed by atoms with Gasteiger partial charge in [-0.1, -0.05) is 17.7 Å². The molecule has 0 spiro atoms. The van der Waals surface area contributed by atoms with E-state index in [1.165, 1.54) is 0 Å². The van der Waals surface area contributed by atoms with Gasteiger partial charge in [0.05, 0.1) is 27.1 Å². The number of hydrogen-bond donors (Lipinski definition) is 1. The molecule has 6 heteroatoms. The highest BCUT2D eigenvalue weighted by Crippen LogP contribution is 2.23. The fourth-order valence-electron chi connectivity index (χ4n) is 2.00. The first-order valence-electron chi connectivity index (χ1n) is 5.99. The fourth-order valence-corrected chi connectivity index (χ4v) is 3.28. The lowest BCUT2D eigenvalue weighted by Gasteiger charge is -2.04. The first kappa shape index (κ1) is 13.1. The predicted molar refractivity (Wildman–Crippen MR) is 81.2 cm³/mol. The maximum absolute atomic E-state index is 12.4. The Kier molecular flexibility index (Phi) is 3.46. The normalized spacial score (nSPS) is 12.7. The van der Waals surface area contributed by atoms with Gasteiger partial charge < -0.3 is 10.1 Å². The standard InChI is InChI=1S/C14H12ClN3OS/c15-10-4-5-13(12(16)7-10)20(19)9-11-8-18-6-2-1-3-14(18)17-11/h1-8H,9,16H2. The zero-order valence-corrected chi connectivity index (χ0v) is 12.1. The number of anilines is 1. The van der Waals surface area contributed by atoms with Gasteiger partial charge in [-0.2, -0.15) is 0 Å². The van der Waals surface area contributed by atoms with Crippen molar-refractivity contribution in [1.82, 2.24) is 9.38 Å². The third-order valence-corrected chi connectivity index (χ3v) is 4.57. The Morgan fingerprint density at radius 1 is 1.30 bits per heavy atom. The molecule has 0 amide bonds. The average molecular weight is 306 g/mol. The van der Waals surface area contributed by atoms with Crippen LogP contribution in [0.2, 0.25) is 5.02 Å². The zero-order valence-electron chi connectivity index (χ0n) is 10.5. The number of aromatic nitrogens is 2. The summed E-state index contributed by atoms with van der Waals surface area (Å²) in [7, 11) is -1.24. The molecule has 20 heavy (non-hydrogen) atoms. The average Bonchev–Trinajstić information content (AvgIpc) is 2.80. The molecule has 102 valence electrons. The van der Waals surface area contributed by atoms with Gasteiger partial charge in [0.15, 0.2) is 0 Å². The summed E-state index contributed by atoms with van der Waals surface area (Å²) in [6.07, 6.45) is 3.78. The Morgan fingerprint density at radius 2 is 2.15 bits per heavy atom. The number of imidazole rings is 1. The summed E-state index contributed by atoms with van der Waals surface area (Å²) in [5.41, 5.74) is 7.90. The second kappa shape index (κ2) is 5.26. The van der Waals surface area contributed by atoms with Gasteiger partial charge in [-0.25, -0.2) is 4.98 Å². The van der Waals surface area contributed by atoms with Crippen molar-refractivity contribution in [2.24, 2.45) is 0 Å². The number of nitrogens with zero attached hydrogens (tertiary/aromatic N) is 2. The number of benzene rings is 1. The maximum atomic E-state index is 12.4. The van der Waals surface area contributed by atoms with Crippen LogP contribution in [0.3, 0.4) is 0 Å². The van der Waals surface area contributed by atoms with E-state index < -0.39 is 10.8 Å². The number of rotatable bonds is 3. The molecule has 3 rings (SSSR count). The van der Waals surface area contributed by atoms with E-state index in [9.17, 15) is 4.21 Å². The van der Waals surface area contributed by atoms with Crippen LogP contribution in [-0.2, 0) is 16.6 Å². The molecule has 0 radical (unpaired) electrons. The third-order valence-electron chi connectivity index (χ3n) is 2.91. The molecule has 2 N–H and O–H groups in total. The van der Waals surface area contributed by atoms with Crippen molar-refractivity contribution in [3.8, 4) is 0 Å². The van der Waals surface area contributed by atoms with Gasteiger partial charge in [0.25, 0.3) is 0 Å². The molecule has 0 aliphatic heterocycles. The van der Waals surface area contributed by atoms with E-state index in [1.54, 1.807) is 18.2 Å². The van der Waals surface area contributed by atoms with E-state index in [0.717, 1.165) is 11.3 Å². The molecule has 0 bridgehead atoms. The summed E-state index contributed by atoms with van der Waals surface area (Å²) < 4.78 is 14.3. The van der Waals surface area contributed by atoms with Crippen molar-refractivity contribution < 1.29 is 4.21 Å². The lowest BCUT2D eigenvalue weighted by molar-refractivity contribution is 0.682. The molecule has 0 saturated carbocycles. The Morgan fingerprint density at radius 3 is 2.90 bits per heavy atom. The first-order valence-corrected chi connectivity index (χ1v) is 7.69. The zero-order chi connectivity index (χ0) is 14.1. The van der Waals surface area contributed by atoms with Crippen LogP contribution in [0.5, 0.6) is 0 Å². The fraction of sp³-hybridized carbons (Fsp3) is 0.0714. The van der Waals surface area contributed by atoms with Crippen molar-refractivity contribution >= 4 is 33.7 Å². The molecule has 2 aromatic heterocycles. The number of nitrogens with two attached hydrogens (primary N) is 1. The summed E-state index contributed by atoms with van der Waals surface area (Å²) in [5, 5.41) is 0.538. The Balaban J connectivity index is 1.88. The van der Waals surface area contributed by atoms with Crippen LogP contribution in [0.25, 0.3) is 5.65 Å². The third kappa shape index (κ3) is 2.55. The van der Waals surface area contributed by atoms with Crippen molar-refractivity contribution in [3.63, 3.8) is 0 Å².